The van der Waals surface area contributed by atoms with Crippen molar-refractivity contribution < 1.29 is 17.9 Å². The standard InChI is InChI=1S/C23H32N2O4S/c1-16(2)23(17(3)4)24-22(26)15-25(20-9-7-8-10-21(20)29-6)30(27,28)19-13-11-18(5)12-14-19/h7-14,16-17,23H,15H2,1-6H3,(H,24,26). The number of amides is 1. The third kappa shape index (κ3) is 5.53. The van der Waals surface area contributed by atoms with Crippen LogP contribution in [0.25, 0.3) is 0 Å². The third-order valence-corrected chi connectivity index (χ3v) is 6.79. The molecule has 2 aromatic carbocycles. The van der Waals surface area contributed by atoms with Crippen molar-refractivity contribution in [3.05, 3.63) is 54.1 Å². The number of nitrogens with one attached hydrogen (secondary N) is 1. The number of aryl methyl sites for hydroxylation is 1. The van der Waals surface area contributed by atoms with Gasteiger partial charge in [-0.2, -0.15) is 0 Å². The molecule has 6 nitrogen and oxygen atoms in total. The minimum atomic E-state index is -3.98. The lowest BCUT2D eigenvalue weighted by Crippen LogP contribution is -2.48. The van der Waals surface area contributed by atoms with Crippen LogP contribution in [0.15, 0.2) is 53.4 Å². The van der Waals surface area contributed by atoms with Gasteiger partial charge in [0.1, 0.15) is 12.3 Å². The highest BCUT2D eigenvalue weighted by molar-refractivity contribution is 7.92. The van der Waals surface area contributed by atoms with Crippen LogP contribution in [0.2, 0.25) is 0 Å². The molecule has 30 heavy (non-hydrogen) atoms. The van der Waals surface area contributed by atoms with E-state index in [0.29, 0.717) is 11.4 Å². The highest BCUT2D eigenvalue weighted by Crippen LogP contribution is 2.32. The van der Waals surface area contributed by atoms with Crippen LogP contribution in [0.4, 0.5) is 5.69 Å². The van der Waals surface area contributed by atoms with Crippen molar-refractivity contribution in [2.75, 3.05) is 18.0 Å². The number of anilines is 1. The summed E-state index contributed by atoms with van der Waals surface area (Å²) in [5, 5.41) is 3.00. The molecule has 0 aliphatic heterocycles. The monoisotopic (exact) mass is 432 g/mol. The van der Waals surface area contributed by atoms with Gasteiger partial charge >= 0.3 is 0 Å². The summed E-state index contributed by atoms with van der Waals surface area (Å²) in [6, 6.07) is 13.3. The Hall–Kier alpha value is -2.54. The fourth-order valence-electron chi connectivity index (χ4n) is 3.44. The van der Waals surface area contributed by atoms with Gasteiger partial charge in [-0.05, 0) is 43.0 Å². The normalized spacial score (nSPS) is 11.8. The second-order valence-corrected chi connectivity index (χ2v) is 9.94. The topological polar surface area (TPSA) is 75.7 Å². The van der Waals surface area contributed by atoms with Crippen LogP contribution in [0.1, 0.15) is 33.3 Å². The maximum absolute atomic E-state index is 13.5. The molecule has 0 aliphatic carbocycles. The van der Waals surface area contributed by atoms with Crippen molar-refractivity contribution >= 4 is 21.6 Å². The minimum absolute atomic E-state index is 0.0564. The van der Waals surface area contributed by atoms with Gasteiger partial charge in [0.2, 0.25) is 5.91 Å². The van der Waals surface area contributed by atoms with Gasteiger partial charge in [0, 0.05) is 6.04 Å². The fraction of sp³-hybridized carbons (Fsp3) is 0.435. The fourth-order valence-corrected chi connectivity index (χ4v) is 4.87. The number of sulfonamides is 1. The first-order valence-corrected chi connectivity index (χ1v) is 11.5. The van der Waals surface area contributed by atoms with Gasteiger partial charge in [-0.1, -0.05) is 57.5 Å². The van der Waals surface area contributed by atoms with E-state index in [9.17, 15) is 13.2 Å². The van der Waals surface area contributed by atoms with Crippen molar-refractivity contribution in [2.45, 2.75) is 45.6 Å². The molecule has 7 heteroatoms. The molecule has 0 heterocycles. The second-order valence-electron chi connectivity index (χ2n) is 8.08. The van der Waals surface area contributed by atoms with Crippen LogP contribution >= 0.6 is 0 Å². The van der Waals surface area contributed by atoms with E-state index >= 15 is 0 Å². The number of hydrogen-bond donors (Lipinski definition) is 1. The van der Waals surface area contributed by atoms with E-state index in [4.69, 9.17) is 4.74 Å². The summed E-state index contributed by atoms with van der Waals surface area (Å²) in [7, 11) is -2.51. The number of carbonyl (C=O) groups excluding carboxylic acids is 1. The first kappa shape index (κ1) is 23.7. The van der Waals surface area contributed by atoms with Crippen molar-refractivity contribution in [3.63, 3.8) is 0 Å². The summed E-state index contributed by atoms with van der Waals surface area (Å²) in [6.07, 6.45) is 0. The number of hydrogen-bond acceptors (Lipinski definition) is 4. The minimum Gasteiger partial charge on any atom is -0.495 e. The van der Waals surface area contributed by atoms with Gasteiger partial charge in [-0.15, -0.1) is 0 Å². The molecule has 0 radical (unpaired) electrons. The molecule has 0 saturated heterocycles. The number of carbonyl (C=O) groups is 1. The Morgan fingerprint density at radius 3 is 2.10 bits per heavy atom. The molecular weight excluding hydrogens is 400 g/mol. The maximum atomic E-state index is 13.5. The van der Waals surface area contributed by atoms with E-state index in [-0.39, 0.29) is 35.2 Å². The first-order chi connectivity index (χ1) is 14.1. The zero-order chi connectivity index (χ0) is 22.5. The lowest BCUT2D eigenvalue weighted by atomic mass is 9.93. The predicted molar refractivity (Wildman–Crippen MR) is 120 cm³/mol. The molecule has 1 N–H and O–H groups in total. The van der Waals surface area contributed by atoms with Gasteiger partial charge < -0.3 is 10.1 Å². The van der Waals surface area contributed by atoms with Crippen LogP contribution in [0.3, 0.4) is 0 Å². The van der Waals surface area contributed by atoms with Crippen molar-refractivity contribution in [2.24, 2.45) is 11.8 Å². The summed E-state index contributed by atoms with van der Waals surface area (Å²) >= 11 is 0. The molecule has 2 rings (SSSR count). The molecule has 0 fully saturated rings. The molecule has 0 aliphatic rings. The van der Waals surface area contributed by atoms with E-state index < -0.39 is 10.0 Å². The van der Waals surface area contributed by atoms with E-state index in [1.807, 2.05) is 34.6 Å². The number of para-hydroxylation sites is 2. The van der Waals surface area contributed by atoms with Gasteiger partial charge in [-0.3, -0.25) is 9.10 Å². The van der Waals surface area contributed by atoms with Crippen LogP contribution in [0, 0.1) is 18.8 Å². The maximum Gasteiger partial charge on any atom is 0.264 e. The smallest absolute Gasteiger partial charge is 0.264 e. The van der Waals surface area contributed by atoms with Crippen LogP contribution in [-0.2, 0) is 14.8 Å². The SMILES string of the molecule is COc1ccccc1N(CC(=O)NC(C(C)C)C(C)C)S(=O)(=O)c1ccc(C)cc1. The summed E-state index contributed by atoms with van der Waals surface area (Å²) < 4.78 is 33.5. The summed E-state index contributed by atoms with van der Waals surface area (Å²) in [4.78, 5) is 13.0. The molecule has 0 saturated carbocycles. The lowest BCUT2D eigenvalue weighted by Gasteiger charge is -2.29. The van der Waals surface area contributed by atoms with E-state index in [2.05, 4.69) is 5.32 Å². The molecule has 2 aromatic rings. The Morgan fingerprint density at radius 1 is 1.00 bits per heavy atom. The van der Waals surface area contributed by atoms with Gasteiger partial charge in [0.15, 0.2) is 0 Å². The summed E-state index contributed by atoms with van der Waals surface area (Å²) in [5.74, 6) is 0.471. The number of ether oxygens (including phenoxy) is 1. The summed E-state index contributed by atoms with van der Waals surface area (Å²) in [5.41, 5.74) is 1.27. The lowest BCUT2D eigenvalue weighted by molar-refractivity contribution is -0.121. The Bertz CT molecular complexity index is 945. The summed E-state index contributed by atoms with van der Waals surface area (Å²) in [6.45, 7) is 9.68. The van der Waals surface area contributed by atoms with E-state index in [0.717, 1.165) is 9.87 Å². The van der Waals surface area contributed by atoms with Crippen LogP contribution in [0.5, 0.6) is 5.75 Å². The quantitative estimate of drug-likeness (QED) is 0.650. The second kappa shape index (κ2) is 9.98. The molecule has 0 aromatic heterocycles. The zero-order valence-electron chi connectivity index (χ0n) is 18.5. The molecule has 0 atom stereocenters. The Kier molecular flexibility index (Phi) is 7.89. The number of rotatable bonds is 9. The van der Waals surface area contributed by atoms with Gasteiger partial charge in [0.25, 0.3) is 10.0 Å². The van der Waals surface area contributed by atoms with Crippen LogP contribution in [-0.4, -0.2) is 34.0 Å². The van der Waals surface area contributed by atoms with E-state index in [1.165, 1.54) is 7.11 Å². The Morgan fingerprint density at radius 2 is 1.57 bits per heavy atom. The predicted octanol–water partition coefficient (Wildman–Crippen LogP) is 4.00. The highest BCUT2D eigenvalue weighted by Gasteiger charge is 2.30. The molecule has 164 valence electrons. The van der Waals surface area contributed by atoms with Gasteiger partial charge in [-0.25, -0.2) is 8.42 Å². The molecular formula is C23H32N2O4S. The van der Waals surface area contributed by atoms with Crippen LogP contribution < -0.4 is 14.4 Å². The third-order valence-electron chi connectivity index (χ3n) is 5.01. The number of benzene rings is 2. The Balaban J connectivity index is 2.47. The molecule has 0 spiro atoms. The van der Waals surface area contributed by atoms with Gasteiger partial charge in [0.05, 0.1) is 17.7 Å². The average molecular weight is 433 g/mol. The number of nitrogens with zero attached hydrogens (tertiary/aromatic N) is 1. The molecule has 0 unspecified atom stereocenters. The first-order valence-electron chi connectivity index (χ1n) is 10.1. The van der Waals surface area contributed by atoms with Crippen molar-refractivity contribution in [1.29, 1.82) is 0 Å². The molecule has 1 amide bonds. The van der Waals surface area contributed by atoms with Crippen molar-refractivity contribution in [1.82, 2.24) is 5.32 Å². The van der Waals surface area contributed by atoms with E-state index in [1.54, 1.807) is 48.5 Å². The average Bonchev–Trinajstić information content (AvgIpc) is 2.70. The largest absolute Gasteiger partial charge is 0.495 e. The number of methoxy groups -OCH3 is 1. The highest BCUT2D eigenvalue weighted by atomic mass is 32.2. The van der Waals surface area contributed by atoms with Crippen molar-refractivity contribution in [3.8, 4) is 5.75 Å². The Labute approximate surface area is 180 Å². The zero-order valence-corrected chi connectivity index (χ0v) is 19.4. The molecule has 0 bridgehead atoms.